The van der Waals surface area contributed by atoms with E-state index in [1.807, 2.05) is 5.38 Å². The van der Waals surface area contributed by atoms with Crippen molar-refractivity contribution >= 4 is 33.4 Å². The maximum absolute atomic E-state index is 12.7. The Bertz CT molecular complexity index is 1110. The number of hydrogen-bond donors (Lipinski definition) is 2. The van der Waals surface area contributed by atoms with Gasteiger partial charge in [0, 0.05) is 30.1 Å². The molecular weight excluding hydrogens is 384 g/mol. The van der Waals surface area contributed by atoms with Gasteiger partial charge in [0.1, 0.15) is 4.70 Å². The number of carbonyl (C=O) groups excluding carboxylic acids is 1. The van der Waals surface area contributed by atoms with Gasteiger partial charge in [0.2, 0.25) is 11.9 Å². The average molecular weight is 409 g/mol. The SMILES string of the molecule is Cc1ccc(-c2csc3c(=O)[nH]c(N4CCC[C@H](C(=O)NC5CC5)C4)nc23)cc1. The normalized spacial score (nSPS) is 19.5. The lowest BCUT2D eigenvalue weighted by atomic mass is 9.97. The van der Waals surface area contributed by atoms with Crippen molar-refractivity contribution in [3.63, 3.8) is 0 Å². The molecule has 2 N–H and O–H groups in total. The van der Waals surface area contributed by atoms with Crippen LogP contribution in [0.3, 0.4) is 0 Å². The standard InChI is InChI=1S/C22H24N4O2S/c1-13-4-6-14(7-5-13)17-12-29-19-18(17)24-22(25-21(19)28)26-10-2-3-15(11-26)20(27)23-16-8-9-16/h4-7,12,15-16H,2-3,8-11H2,1H3,(H,23,27)(H,24,25,28)/t15-/m0/s1. The summed E-state index contributed by atoms with van der Waals surface area (Å²) in [5.41, 5.74) is 3.87. The van der Waals surface area contributed by atoms with Gasteiger partial charge >= 0.3 is 0 Å². The highest BCUT2D eigenvalue weighted by atomic mass is 32.1. The van der Waals surface area contributed by atoms with Gasteiger partial charge in [-0.15, -0.1) is 11.3 Å². The van der Waals surface area contributed by atoms with Gasteiger partial charge in [-0.1, -0.05) is 29.8 Å². The van der Waals surface area contributed by atoms with Gasteiger partial charge in [-0.25, -0.2) is 4.98 Å². The maximum atomic E-state index is 12.7. The molecule has 29 heavy (non-hydrogen) atoms. The lowest BCUT2D eigenvalue weighted by molar-refractivity contribution is -0.125. The molecule has 1 saturated carbocycles. The van der Waals surface area contributed by atoms with Crippen LogP contribution in [0.5, 0.6) is 0 Å². The molecule has 1 amide bonds. The van der Waals surface area contributed by atoms with Crippen LogP contribution < -0.4 is 15.8 Å². The summed E-state index contributed by atoms with van der Waals surface area (Å²) in [6.45, 7) is 3.45. The molecule has 0 radical (unpaired) electrons. The Balaban J connectivity index is 1.46. The van der Waals surface area contributed by atoms with Crippen molar-refractivity contribution in [1.29, 1.82) is 0 Å². The predicted octanol–water partition coefficient (Wildman–Crippen LogP) is 3.46. The Morgan fingerprint density at radius 1 is 1.24 bits per heavy atom. The Morgan fingerprint density at radius 3 is 2.79 bits per heavy atom. The summed E-state index contributed by atoms with van der Waals surface area (Å²) in [4.78, 5) is 35.1. The minimum atomic E-state index is -0.113. The first-order chi connectivity index (χ1) is 14.1. The highest BCUT2D eigenvalue weighted by molar-refractivity contribution is 7.17. The molecule has 3 heterocycles. The number of aryl methyl sites for hydroxylation is 1. The van der Waals surface area contributed by atoms with Crippen molar-refractivity contribution in [1.82, 2.24) is 15.3 Å². The van der Waals surface area contributed by atoms with Crippen LogP contribution in [0.15, 0.2) is 34.4 Å². The Labute approximate surface area is 173 Å². The van der Waals surface area contributed by atoms with E-state index in [1.165, 1.54) is 16.9 Å². The number of H-pyrrole nitrogens is 1. The van der Waals surface area contributed by atoms with E-state index in [0.717, 1.165) is 48.9 Å². The number of nitrogens with one attached hydrogen (secondary N) is 2. The Hall–Kier alpha value is -2.67. The van der Waals surface area contributed by atoms with E-state index in [4.69, 9.17) is 4.98 Å². The second-order valence-corrected chi connectivity index (χ2v) is 9.03. The van der Waals surface area contributed by atoms with Gasteiger partial charge in [-0.05, 0) is 38.2 Å². The Morgan fingerprint density at radius 2 is 2.03 bits per heavy atom. The minimum Gasteiger partial charge on any atom is -0.353 e. The molecule has 1 aliphatic carbocycles. The third-order valence-corrected chi connectivity index (χ3v) is 6.76. The third kappa shape index (κ3) is 3.67. The quantitative estimate of drug-likeness (QED) is 0.693. The molecule has 2 aliphatic rings. The van der Waals surface area contributed by atoms with Crippen molar-refractivity contribution in [3.05, 3.63) is 45.6 Å². The number of carbonyl (C=O) groups is 1. The van der Waals surface area contributed by atoms with Gasteiger partial charge in [0.05, 0.1) is 11.4 Å². The Kier molecular flexibility index (Phi) is 4.62. The molecular formula is C22H24N4O2S. The summed E-state index contributed by atoms with van der Waals surface area (Å²) in [7, 11) is 0. The number of aromatic amines is 1. The van der Waals surface area contributed by atoms with E-state index in [1.54, 1.807) is 0 Å². The summed E-state index contributed by atoms with van der Waals surface area (Å²) in [6.07, 6.45) is 3.98. The molecule has 1 aliphatic heterocycles. The molecule has 6 nitrogen and oxygen atoms in total. The van der Waals surface area contributed by atoms with E-state index in [2.05, 4.69) is 46.4 Å². The van der Waals surface area contributed by atoms with Crippen molar-refractivity contribution in [2.24, 2.45) is 5.92 Å². The van der Waals surface area contributed by atoms with E-state index < -0.39 is 0 Å². The van der Waals surface area contributed by atoms with Crippen LogP contribution in [0.4, 0.5) is 5.95 Å². The highest BCUT2D eigenvalue weighted by Crippen LogP contribution is 2.32. The number of thiophene rings is 1. The fourth-order valence-corrected chi connectivity index (χ4v) is 4.84. The third-order valence-electron chi connectivity index (χ3n) is 5.79. The zero-order valence-corrected chi connectivity index (χ0v) is 17.2. The molecule has 0 unspecified atom stereocenters. The second-order valence-electron chi connectivity index (χ2n) is 8.15. The van der Waals surface area contributed by atoms with Crippen LogP contribution in [0.1, 0.15) is 31.2 Å². The van der Waals surface area contributed by atoms with Crippen molar-refractivity contribution in [3.8, 4) is 11.1 Å². The van der Waals surface area contributed by atoms with E-state index in [9.17, 15) is 9.59 Å². The largest absolute Gasteiger partial charge is 0.353 e. The fraction of sp³-hybridized carbons (Fsp3) is 0.409. The molecule has 1 saturated heterocycles. The first-order valence-corrected chi connectivity index (χ1v) is 11.1. The molecule has 5 rings (SSSR count). The van der Waals surface area contributed by atoms with Crippen molar-refractivity contribution < 1.29 is 4.79 Å². The molecule has 150 valence electrons. The number of aromatic nitrogens is 2. The molecule has 3 aromatic rings. The van der Waals surface area contributed by atoms with Crippen LogP contribution in [0, 0.1) is 12.8 Å². The number of nitrogens with zero attached hydrogens (tertiary/aromatic N) is 2. The highest BCUT2D eigenvalue weighted by Gasteiger charge is 2.31. The average Bonchev–Trinajstić information content (AvgIpc) is 3.44. The molecule has 2 aromatic heterocycles. The van der Waals surface area contributed by atoms with Crippen molar-refractivity contribution in [2.45, 2.75) is 38.6 Å². The van der Waals surface area contributed by atoms with Gasteiger partial charge in [0.15, 0.2) is 0 Å². The summed E-state index contributed by atoms with van der Waals surface area (Å²) >= 11 is 1.43. The number of piperidine rings is 1. The zero-order valence-electron chi connectivity index (χ0n) is 16.4. The number of benzene rings is 1. The molecule has 0 bridgehead atoms. The number of rotatable bonds is 4. The summed E-state index contributed by atoms with van der Waals surface area (Å²) in [5, 5.41) is 5.11. The van der Waals surface area contributed by atoms with Crippen molar-refractivity contribution in [2.75, 3.05) is 18.0 Å². The lowest BCUT2D eigenvalue weighted by Gasteiger charge is -2.32. The van der Waals surface area contributed by atoms with Crippen LogP contribution in [-0.2, 0) is 4.79 Å². The summed E-state index contributed by atoms with van der Waals surface area (Å²) < 4.78 is 0.643. The van der Waals surface area contributed by atoms with Crippen LogP contribution in [0.25, 0.3) is 21.3 Å². The fourth-order valence-electron chi connectivity index (χ4n) is 3.93. The summed E-state index contributed by atoms with van der Waals surface area (Å²) in [5.74, 6) is 0.652. The van der Waals surface area contributed by atoms with E-state index in [0.29, 0.717) is 23.2 Å². The van der Waals surface area contributed by atoms with Crippen LogP contribution in [0.2, 0.25) is 0 Å². The molecule has 7 heteroatoms. The molecule has 2 fully saturated rings. The predicted molar refractivity (Wildman–Crippen MR) is 117 cm³/mol. The number of hydrogen-bond acceptors (Lipinski definition) is 5. The van der Waals surface area contributed by atoms with Crippen LogP contribution in [-0.4, -0.2) is 35.0 Å². The summed E-state index contributed by atoms with van der Waals surface area (Å²) in [6, 6.07) is 8.65. The van der Waals surface area contributed by atoms with Gasteiger partial charge in [-0.3, -0.25) is 14.6 Å². The van der Waals surface area contributed by atoms with Gasteiger partial charge in [0.25, 0.3) is 5.56 Å². The number of anilines is 1. The van der Waals surface area contributed by atoms with E-state index >= 15 is 0 Å². The maximum Gasteiger partial charge on any atom is 0.270 e. The first-order valence-electron chi connectivity index (χ1n) is 10.2. The first kappa shape index (κ1) is 18.4. The number of amides is 1. The molecule has 1 atom stereocenters. The lowest BCUT2D eigenvalue weighted by Crippen LogP contribution is -2.44. The molecule has 0 spiro atoms. The minimum absolute atomic E-state index is 0.0515. The molecule has 1 aromatic carbocycles. The topological polar surface area (TPSA) is 78.1 Å². The zero-order chi connectivity index (χ0) is 20.0. The monoisotopic (exact) mass is 408 g/mol. The smallest absolute Gasteiger partial charge is 0.270 e. The van der Waals surface area contributed by atoms with E-state index in [-0.39, 0.29) is 17.4 Å². The van der Waals surface area contributed by atoms with Gasteiger partial charge in [-0.2, -0.15) is 0 Å². The second kappa shape index (κ2) is 7.30. The van der Waals surface area contributed by atoms with Gasteiger partial charge < -0.3 is 10.2 Å². The van der Waals surface area contributed by atoms with Crippen LogP contribution >= 0.6 is 11.3 Å². The number of fused-ring (bicyclic) bond motifs is 1.